The highest BCUT2D eigenvalue weighted by molar-refractivity contribution is 5.73. The van der Waals surface area contributed by atoms with Crippen LogP contribution in [0.5, 0.6) is 0 Å². The predicted octanol–water partition coefficient (Wildman–Crippen LogP) is 3.17. The van der Waals surface area contributed by atoms with Gasteiger partial charge in [0, 0.05) is 37.6 Å². The van der Waals surface area contributed by atoms with Crippen molar-refractivity contribution in [2.75, 3.05) is 31.1 Å². The molecule has 152 valence electrons. The van der Waals surface area contributed by atoms with Gasteiger partial charge in [0.2, 0.25) is 0 Å². The van der Waals surface area contributed by atoms with E-state index >= 15 is 0 Å². The fourth-order valence-corrected chi connectivity index (χ4v) is 3.42. The van der Waals surface area contributed by atoms with Gasteiger partial charge < -0.3 is 14.5 Å². The van der Waals surface area contributed by atoms with Crippen molar-refractivity contribution < 1.29 is 14.5 Å². The molecule has 0 aliphatic carbocycles. The lowest BCUT2D eigenvalue weighted by Crippen LogP contribution is -2.50. The number of piperazine rings is 1. The number of hydrogen-bond donors (Lipinski definition) is 0. The maximum Gasteiger partial charge on any atom is 0.410 e. The summed E-state index contributed by atoms with van der Waals surface area (Å²) in [5.41, 5.74) is 2.28. The first-order valence-electron chi connectivity index (χ1n) is 9.50. The van der Waals surface area contributed by atoms with E-state index in [4.69, 9.17) is 4.74 Å². The SMILES string of the molecule is CCc1nn2c(C)cc(N3CCN(C(=O)OC(C)(C)C)CC3)cc2c1[N+](=O)[O-]. The quantitative estimate of drug-likeness (QED) is 0.591. The van der Waals surface area contributed by atoms with Crippen LogP contribution in [-0.4, -0.2) is 57.3 Å². The van der Waals surface area contributed by atoms with Gasteiger partial charge in [-0.3, -0.25) is 10.1 Å². The molecule has 0 spiro atoms. The van der Waals surface area contributed by atoms with Gasteiger partial charge in [0.1, 0.15) is 16.8 Å². The molecule has 1 aliphatic rings. The number of nitrogens with zero attached hydrogens (tertiary/aromatic N) is 5. The second-order valence-electron chi connectivity index (χ2n) is 8.01. The molecule has 2 aromatic rings. The number of fused-ring (bicyclic) bond motifs is 1. The highest BCUT2D eigenvalue weighted by Gasteiger charge is 2.28. The number of nitro groups is 1. The largest absolute Gasteiger partial charge is 0.444 e. The van der Waals surface area contributed by atoms with E-state index in [0.29, 0.717) is 43.8 Å². The summed E-state index contributed by atoms with van der Waals surface area (Å²) in [7, 11) is 0. The van der Waals surface area contributed by atoms with Crippen LogP contribution in [0, 0.1) is 17.0 Å². The molecule has 0 bridgehead atoms. The third kappa shape index (κ3) is 3.88. The van der Waals surface area contributed by atoms with E-state index < -0.39 is 5.60 Å². The van der Waals surface area contributed by atoms with Crippen molar-refractivity contribution in [3.63, 3.8) is 0 Å². The minimum Gasteiger partial charge on any atom is -0.444 e. The first-order chi connectivity index (χ1) is 13.1. The third-order valence-electron chi connectivity index (χ3n) is 4.75. The molecule has 3 heterocycles. The fourth-order valence-electron chi connectivity index (χ4n) is 3.42. The first-order valence-corrected chi connectivity index (χ1v) is 9.50. The molecule has 0 saturated carbocycles. The molecule has 9 nitrogen and oxygen atoms in total. The van der Waals surface area contributed by atoms with E-state index in [0.717, 1.165) is 11.4 Å². The van der Waals surface area contributed by atoms with Crippen LogP contribution < -0.4 is 4.90 Å². The van der Waals surface area contributed by atoms with Gasteiger partial charge in [-0.1, -0.05) is 6.92 Å². The molecule has 0 N–H and O–H groups in total. The lowest BCUT2D eigenvalue weighted by Gasteiger charge is -2.36. The molecular formula is C19H27N5O4. The van der Waals surface area contributed by atoms with Crippen molar-refractivity contribution in [3.8, 4) is 0 Å². The van der Waals surface area contributed by atoms with Crippen molar-refractivity contribution >= 4 is 23.0 Å². The summed E-state index contributed by atoms with van der Waals surface area (Å²) < 4.78 is 7.07. The van der Waals surface area contributed by atoms with Crippen LogP contribution in [0.3, 0.4) is 0 Å². The van der Waals surface area contributed by atoms with Gasteiger partial charge in [0.05, 0.1) is 4.92 Å². The Morgan fingerprint density at radius 1 is 1.25 bits per heavy atom. The highest BCUT2D eigenvalue weighted by Crippen LogP contribution is 2.30. The fraction of sp³-hybridized carbons (Fsp3) is 0.579. The molecule has 0 aromatic carbocycles. The monoisotopic (exact) mass is 389 g/mol. The van der Waals surface area contributed by atoms with E-state index in [1.165, 1.54) is 0 Å². The van der Waals surface area contributed by atoms with Gasteiger partial charge in [0.25, 0.3) is 0 Å². The number of rotatable bonds is 3. The number of ether oxygens (including phenoxy) is 1. The Balaban J connectivity index is 1.83. The smallest absolute Gasteiger partial charge is 0.410 e. The second-order valence-corrected chi connectivity index (χ2v) is 8.01. The van der Waals surface area contributed by atoms with Gasteiger partial charge in [-0.05, 0) is 46.2 Å². The van der Waals surface area contributed by atoms with Crippen LogP contribution >= 0.6 is 0 Å². The Bertz CT molecular complexity index is 907. The molecule has 1 amide bonds. The lowest BCUT2D eigenvalue weighted by atomic mass is 10.2. The Labute approximate surface area is 164 Å². The summed E-state index contributed by atoms with van der Waals surface area (Å²) in [4.78, 5) is 27.3. The van der Waals surface area contributed by atoms with E-state index in [1.807, 2.05) is 46.8 Å². The van der Waals surface area contributed by atoms with Gasteiger partial charge in [-0.15, -0.1) is 0 Å². The molecule has 0 unspecified atom stereocenters. The Hall–Kier alpha value is -2.84. The summed E-state index contributed by atoms with van der Waals surface area (Å²) in [6.45, 7) is 11.7. The molecule has 0 atom stereocenters. The average Bonchev–Trinajstić information content (AvgIpc) is 3.00. The van der Waals surface area contributed by atoms with E-state index in [1.54, 1.807) is 9.42 Å². The molecular weight excluding hydrogens is 362 g/mol. The summed E-state index contributed by atoms with van der Waals surface area (Å²) >= 11 is 0. The zero-order valence-corrected chi connectivity index (χ0v) is 17.1. The predicted molar refractivity (Wildman–Crippen MR) is 106 cm³/mol. The number of anilines is 1. The minimum atomic E-state index is -0.520. The van der Waals surface area contributed by atoms with Gasteiger partial charge in [-0.2, -0.15) is 5.10 Å². The molecule has 28 heavy (non-hydrogen) atoms. The number of amides is 1. The molecule has 1 aliphatic heterocycles. The summed E-state index contributed by atoms with van der Waals surface area (Å²) in [5.74, 6) is 0. The summed E-state index contributed by atoms with van der Waals surface area (Å²) in [6, 6.07) is 3.80. The number of pyridine rings is 1. The molecule has 3 rings (SSSR count). The normalized spacial score (nSPS) is 15.2. The van der Waals surface area contributed by atoms with Crippen LogP contribution in [0.4, 0.5) is 16.2 Å². The van der Waals surface area contributed by atoms with E-state index in [-0.39, 0.29) is 16.7 Å². The number of hydrogen-bond acceptors (Lipinski definition) is 6. The third-order valence-corrected chi connectivity index (χ3v) is 4.75. The van der Waals surface area contributed by atoms with Crippen molar-refractivity contribution in [2.45, 2.75) is 46.6 Å². The van der Waals surface area contributed by atoms with Gasteiger partial charge in [-0.25, -0.2) is 9.31 Å². The van der Waals surface area contributed by atoms with Crippen LogP contribution in [0.2, 0.25) is 0 Å². The zero-order chi connectivity index (χ0) is 20.6. The summed E-state index contributed by atoms with van der Waals surface area (Å²) in [5, 5.41) is 16.0. The van der Waals surface area contributed by atoms with Crippen molar-refractivity contribution in [1.82, 2.24) is 14.5 Å². The number of carbonyl (C=O) groups excluding carboxylic acids is 1. The standard InChI is InChI=1S/C19H27N5O4/c1-6-15-17(24(26)27)16-12-14(11-13(2)23(16)20-15)21-7-9-22(10-8-21)18(25)28-19(3,4)5/h11-12H,6-10H2,1-5H3. The zero-order valence-electron chi connectivity index (χ0n) is 17.1. The maximum absolute atomic E-state index is 12.2. The van der Waals surface area contributed by atoms with Crippen LogP contribution in [0.25, 0.3) is 5.52 Å². The molecule has 1 saturated heterocycles. The maximum atomic E-state index is 12.2. The first kappa shape index (κ1) is 19.9. The average molecular weight is 389 g/mol. The van der Waals surface area contributed by atoms with Crippen molar-refractivity contribution in [3.05, 3.63) is 33.6 Å². The molecule has 0 radical (unpaired) electrons. The van der Waals surface area contributed by atoms with Gasteiger partial charge in [0.15, 0.2) is 0 Å². The summed E-state index contributed by atoms with van der Waals surface area (Å²) in [6.07, 6.45) is 0.194. The second kappa shape index (κ2) is 7.29. The van der Waals surface area contributed by atoms with Crippen LogP contribution in [0.15, 0.2) is 12.1 Å². The molecule has 9 heteroatoms. The minimum absolute atomic E-state index is 0.0693. The number of aromatic nitrogens is 2. The Kier molecular flexibility index (Phi) is 5.18. The molecule has 2 aromatic heterocycles. The molecule has 1 fully saturated rings. The van der Waals surface area contributed by atoms with E-state index in [2.05, 4.69) is 10.00 Å². The van der Waals surface area contributed by atoms with Gasteiger partial charge >= 0.3 is 11.8 Å². The van der Waals surface area contributed by atoms with Crippen LogP contribution in [-0.2, 0) is 11.2 Å². The van der Waals surface area contributed by atoms with E-state index in [9.17, 15) is 14.9 Å². The van der Waals surface area contributed by atoms with Crippen LogP contribution in [0.1, 0.15) is 39.1 Å². The van der Waals surface area contributed by atoms with Crippen molar-refractivity contribution in [2.24, 2.45) is 0 Å². The lowest BCUT2D eigenvalue weighted by molar-refractivity contribution is -0.383. The number of aryl methyl sites for hydroxylation is 2. The highest BCUT2D eigenvalue weighted by atomic mass is 16.6. The topological polar surface area (TPSA) is 93.2 Å². The number of carbonyl (C=O) groups is 1. The Morgan fingerprint density at radius 2 is 1.89 bits per heavy atom. The van der Waals surface area contributed by atoms with Crippen molar-refractivity contribution in [1.29, 1.82) is 0 Å². The Morgan fingerprint density at radius 3 is 2.43 bits per heavy atom.